The van der Waals surface area contributed by atoms with Crippen LogP contribution in [-0.4, -0.2) is 64.2 Å². The van der Waals surface area contributed by atoms with E-state index in [0.717, 1.165) is 22.0 Å². The number of ether oxygens (including phenoxy) is 3. The lowest BCUT2D eigenvalue weighted by atomic mass is 10.1. The molecule has 0 aliphatic carbocycles. The van der Waals surface area contributed by atoms with Crippen molar-refractivity contribution in [2.24, 2.45) is 0 Å². The van der Waals surface area contributed by atoms with Gasteiger partial charge in [-0.3, -0.25) is 10.1 Å². The number of aromatic nitrogens is 4. The molecule has 0 saturated heterocycles. The highest BCUT2D eigenvalue weighted by Gasteiger charge is 2.17. The number of aliphatic hydroxyl groups excluding tert-OH is 1. The minimum Gasteiger partial charge on any atom is -0.497 e. The number of amides is 3. The first-order valence-electron chi connectivity index (χ1n) is 17.2. The molecule has 0 fully saturated rings. The third kappa shape index (κ3) is 8.45. The predicted octanol–water partition coefficient (Wildman–Crippen LogP) is 7.40. The first-order valence-corrected chi connectivity index (χ1v) is 17.2. The van der Waals surface area contributed by atoms with Crippen LogP contribution in [0.25, 0.3) is 27.7 Å². The molecular weight excluding hydrogens is 701 g/mol. The number of urea groups is 1. The Labute approximate surface area is 315 Å². The van der Waals surface area contributed by atoms with E-state index in [9.17, 15) is 9.59 Å². The SMILES string of the molecule is COc1ccc(-n2nc(-c3ccccc3)cc2NC(=O)Nc2ccc(Oc3ccnc(Nc4cc(OC)cc(C(=O)NCCO)c4)n3)c3ccccc23)cc1. The summed E-state index contributed by atoms with van der Waals surface area (Å²) in [5.41, 5.74) is 3.73. The molecule has 5 N–H and O–H groups in total. The average Bonchev–Trinajstić information content (AvgIpc) is 3.64. The van der Waals surface area contributed by atoms with Crippen LogP contribution in [0.4, 0.5) is 27.9 Å². The van der Waals surface area contributed by atoms with Crippen LogP contribution in [0.5, 0.6) is 23.1 Å². The summed E-state index contributed by atoms with van der Waals surface area (Å²) in [5, 5.41) is 27.0. The number of hydrogen-bond donors (Lipinski definition) is 5. The van der Waals surface area contributed by atoms with Crippen LogP contribution < -0.4 is 35.5 Å². The fourth-order valence-corrected chi connectivity index (χ4v) is 5.77. The summed E-state index contributed by atoms with van der Waals surface area (Å²) in [7, 11) is 3.10. The Morgan fingerprint density at radius 2 is 1.55 bits per heavy atom. The zero-order valence-corrected chi connectivity index (χ0v) is 29.8. The molecule has 0 spiro atoms. The number of hydrogen-bond acceptors (Lipinski definition) is 10. The first kappa shape index (κ1) is 35.9. The quantitative estimate of drug-likeness (QED) is 0.0803. The van der Waals surface area contributed by atoms with E-state index in [4.69, 9.17) is 24.4 Å². The monoisotopic (exact) mass is 736 g/mol. The average molecular weight is 737 g/mol. The van der Waals surface area contributed by atoms with Gasteiger partial charge in [-0.15, -0.1) is 0 Å². The maximum absolute atomic E-state index is 13.6. The molecule has 2 aromatic heterocycles. The number of carbonyl (C=O) groups excluding carboxylic acids is 2. The van der Waals surface area contributed by atoms with Crippen molar-refractivity contribution in [1.82, 2.24) is 25.1 Å². The number of fused-ring (bicyclic) bond motifs is 1. The molecule has 0 atom stereocenters. The van der Waals surface area contributed by atoms with Crippen LogP contribution >= 0.6 is 0 Å². The van der Waals surface area contributed by atoms with Crippen molar-refractivity contribution in [2.45, 2.75) is 0 Å². The topological polar surface area (TPSA) is 174 Å². The van der Waals surface area contributed by atoms with E-state index in [0.29, 0.717) is 45.7 Å². The van der Waals surface area contributed by atoms with E-state index in [1.165, 1.54) is 7.11 Å². The van der Waals surface area contributed by atoms with Gasteiger partial charge in [0.05, 0.1) is 37.9 Å². The second-order valence-electron chi connectivity index (χ2n) is 12.0. The van der Waals surface area contributed by atoms with Crippen molar-refractivity contribution < 1.29 is 28.9 Å². The van der Waals surface area contributed by atoms with Crippen LogP contribution in [-0.2, 0) is 0 Å². The van der Waals surface area contributed by atoms with Crippen molar-refractivity contribution in [3.63, 3.8) is 0 Å². The Kier molecular flexibility index (Phi) is 10.8. The molecule has 14 nitrogen and oxygen atoms in total. The summed E-state index contributed by atoms with van der Waals surface area (Å²) in [5.74, 6) is 2.22. The molecule has 0 unspecified atom stereocenters. The number of nitrogens with zero attached hydrogens (tertiary/aromatic N) is 4. The van der Waals surface area contributed by atoms with Crippen molar-refractivity contribution in [3.05, 3.63) is 133 Å². The number of benzene rings is 5. The van der Waals surface area contributed by atoms with E-state index in [2.05, 4.69) is 31.2 Å². The molecule has 2 heterocycles. The maximum Gasteiger partial charge on any atom is 0.324 e. The van der Waals surface area contributed by atoms with Crippen LogP contribution in [0.2, 0.25) is 0 Å². The smallest absolute Gasteiger partial charge is 0.324 e. The Balaban J connectivity index is 1.10. The summed E-state index contributed by atoms with van der Waals surface area (Å²) in [4.78, 5) is 35.0. The highest BCUT2D eigenvalue weighted by molar-refractivity contribution is 6.07. The van der Waals surface area contributed by atoms with Crippen LogP contribution in [0.15, 0.2) is 128 Å². The Hall–Kier alpha value is -7.45. The minimum atomic E-state index is -0.466. The van der Waals surface area contributed by atoms with Gasteiger partial charge in [0, 0.05) is 58.5 Å². The molecule has 0 aliphatic heterocycles. The molecule has 3 amide bonds. The van der Waals surface area contributed by atoms with E-state index in [1.54, 1.807) is 54.4 Å². The molecule has 0 aliphatic rings. The molecule has 7 rings (SSSR count). The fraction of sp³-hybridized carbons (Fsp3) is 0.0976. The van der Waals surface area contributed by atoms with E-state index in [-0.39, 0.29) is 30.9 Å². The third-order valence-electron chi connectivity index (χ3n) is 8.37. The normalized spacial score (nSPS) is 10.7. The number of carbonyl (C=O) groups is 2. The van der Waals surface area contributed by atoms with Crippen molar-refractivity contribution in [1.29, 1.82) is 0 Å². The van der Waals surface area contributed by atoms with Crippen molar-refractivity contribution in [3.8, 4) is 40.1 Å². The Morgan fingerprint density at radius 3 is 2.31 bits per heavy atom. The van der Waals surface area contributed by atoms with Crippen molar-refractivity contribution in [2.75, 3.05) is 43.3 Å². The van der Waals surface area contributed by atoms with Crippen LogP contribution in [0.1, 0.15) is 10.4 Å². The number of methoxy groups -OCH3 is 2. The summed E-state index contributed by atoms with van der Waals surface area (Å²) in [6.45, 7) is -0.0608. The van der Waals surface area contributed by atoms with Gasteiger partial charge in [0.2, 0.25) is 11.8 Å². The lowest BCUT2D eigenvalue weighted by Gasteiger charge is -2.14. The zero-order valence-electron chi connectivity index (χ0n) is 29.8. The Bertz CT molecular complexity index is 2450. The predicted molar refractivity (Wildman–Crippen MR) is 210 cm³/mol. The van der Waals surface area contributed by atoms with Gasteiger partial charge in [-0.1, -0.05) is 54.6 Å². The van der Waals surface area contributed by atoms with E-state index in [1.807, 2.05) is 84.9 Å². The van der Waals surface area contributed by atoms with Gasteiger partial charge in [0.1, 0.15) is 23.1 Å². The summed E-state index contributed by atoms with van der Waals surface area (Å²) >= 11 is 0. The van der Waals surface area contributed by atoms with Gasteiger partial charge in [-0.25, -0.2) is 14.5 Å². The van der Waals surface area contributed by atoms with Crippen molar-refractivity contribution >= 4 is 45.9 Å². The van der Waals surface area contributed by atoms with E-state index >= 15 is 0 Å². The zero-order chi connectivity index (χ0) is 38.1. The number of anilines is 4. The summed E-state index contributed by atoms with van der Waals surface area (Å²) in [6.07, 6.45) is 1.54. The molecule has 5 aromatic carbocycles. The molecule has 0 radical (unpaired) electrons. The maximum atomic E-state index is 13.6. The van der Waals surface area contributed by atoms with Gasteiger partial charge in [-0.2, -0.15) is 10.1 Å². The molecule has 7 aromatic rings. The summed E-state index contributed by atoms with van der Waals surface area (Å²) < 4.78 is 18.6. The highest BCUT2D eigenvalue weighted by atomic mass is 16.5. The molecule has 276 valence electrons. The molecule has 0 bridgehead atoms. The second-order valence-corrected chi connectivity index (χ2v) is 12.0. The molecule has 0 saturated carbocycles. The van der Waals surface area contributed by atoms with Gasteiger partial charge in [0.25, 0.3) is 5.91 Å². The number of rotatable bonds is 13. The number of aliphatic hydroxyl groups is 1. The van der Waals surface area contributed by atoms with Crippen LogP contribution in [0, 0.1) is 0 Å². The van der Waals surface area contributed by atoms with Gasteiger partial charge >= 0.3 is 6.03 Å². The van der Waals surface area contributed by atoms with Crippen LogP contribution in [0.3, 0.4) is 0 Å². The Morgan fingerprint density at radius 1 is 0.782 bits per heavy atom. The first-order chi connectivity index (χ1) is 26.9. The number of nitrogens with one attached hydrogen (secondary N) is 4. The van der Waals surface area contributed by atoms with Gasteiger partial charge in [0.15, 0.2) is 0 Å². The summed E-state index contributed by atoms with van der Waals surface area (Å²) in [6, 6.07) is 36.0. The molecular formula is C41H36N8O6. The second kappa shape index (κ2) is 16.5. The molecule has 14 heteroatoms. The minimum absolute atomic E-state index is 0.119. The fourth-order valence-electron chi connectivity index (χ4n) is 5.77. The highest BCUT2D eigenvalue weighted by Crippen LogP contribution is 2.35. The standard InChI is InChI=1S/C41H36N8O6/c1-53-30-14-12-29(13-15-30)49-37(25-35(48-49)26-8-4-3-5-9-26)46-41(52)45-34-16-17-36(33-11-7-6-10-32(33)34)55-38-18-19-43-40(47-38)44-28-22-27(23-31(24-28)54-2)39(51)42-20-21-50/h3-19,22-25,50H,20-21H2,1-2H3,(H,42,51)(H,43,44,47)(H2,45,46,52). The van der Waals surface area contributed by atoms with E-state index < -0.39 is 6.03 Å². The lowest BCUT2D eigenvalue weighted by molar-refractivity contribution is 0.0944. The van der Waals surface area contributed by atoms with Gasteiger partial charge in [-0.05, 0) is 48.5 Å². The largest absolute Gasteiger partial charge is 0.497 e. The lowest BCUT2D eigenvalue weighted by Crippen LogP contribution is -2.26. The molecule has 55 heavy (non-hydrogen) atoms. The van der Waals surface area contributed by atoms with Gasteiger partial charge < -0.3 is 35.3 Å². The third-order valence-corrected chi connectivity index (χ3v) is 8.37.